The lowest BCUT2D eigenvalue weighted by atomic mass is 10.2. The SMILES string of the molecule is CC(C)COC(=O)[C@H](CI)NC(=O)OC(C)(C)C. The van der Waals surface area contributed by atoms with Gasteiger partial charge >= 0.3 is 12.1 Å². The molecule has 0 saturated heterocycles. The Labute approximate surface area is 122 Å². The fraction of sp³-hybridized carbons (Fsp3) is 0.833. The van der Waals surface area contributed by atoms with Crippen LogP contribution in [0.2, 0.25) is 0 Å². The molecular weight excluding hydrogens is 349 g/mol. The Kier molecular flexibility index (Phi) is 7.58. The molecule has 0 aliphatic carbocycles. The zero-order valence-corrected chi connectivity index (χ0v) is 13.7. The second-order valence-corrected chi connectivity index (χ2v) is 6.26. The number of ether oxygens (including phenoxy) is 2. The van der Waals surface area contributed by atoms with Gasteiger partial charge < -0.3 is 14.8 Å². The lowest BCUT2D eigenvalue weighted by Gasteiger charge is -2.22. The van der Waals surface area contributed by atoms with Crippen LogP contribution in [0.5, 0.6) is 0 Å². The van der Waals surface area contributed by atoms with E-state index in [1.807, 2.05) is 36.4 Å². The summed E-state index contributed by atoms with van der Waals surface area (Å²) in [6.45, 7) is 9.55. The average Bonchev–Trinajstić information content (AvgIpc) is 2.19. The molecule has 0 radical (unpaired) electrons. The van der Waals surface area contributed by atoms with Crippen LogP contribution in [0, 0.1) is 5.92 Å². The summed E-state index contributed by atoms with van der Waals surface area (Å²) in [5.74, 6) is -0.158. The number of rotatable bonds is 5. The lowest BCUT2D eigenvalue weighted by molar-refractivity contribution is -0.146. The standard InChI is InChI=1S/C12H22INO4/c1-8(2)7-17-10(15)9(6-13)14-11(16)18-12(3,4)5/h8-9H,6-7H2,1-5H3,(H,14,16)/t9-/m0/s1. The molecule has 0 heterocycles. The second-order valence-electron chi connectivity index (χ2n) is 5.38. The van der Waals surface area contributed by atoms with Crippen LogP contribution >= 0.6 is 22.6 Å². The zero-order valence-electron chi connectivity index (χ0n) is 11.6. The van der Waals surface area contributed by atoms with Crippen molar-refractivity contribution in [3.8, 4) is 0 Å². The van der Waals surface area contributed by atoms with Crippen molar-refractivity contribution in [1.29, 1.82) is 0 Å². The smallest absolute Gasteiger partial charge is 0.408 e. The van der Waals surface area contributed by atoms with Crippen molar-refractivity contribution in [3.05, 3.63) is 0 Å². The number of amides is 1. The first kappa shape index (κ1) is 17.5. The summed E-state index contributed by atoms with van der Waals surface area (Å²) >= 11 is 2.02. The van der Waals surface area contributed by atoms with Crippen LogP contribution in [-0.4, -0.2) is 34.7 Å². The minimum absolute atomic E-state index is 0.269. The molecule has 5 nitrogen and oxygen atoms in total. The minimum atomic E-state index is -0.667. The number of halogens is 1. The van der Waals surface area contributed by atoms with E-state index in [2.05, 4.69) is 5.32 Å². The Bertz CT molecular complexity index is 286. The number of hydrogen-bond donors (Lipinski definition) is 1. The van der Waals surface area contributed by atoms with E-state index in [0.717, 1.165) is 0 Å². The Hall–Kier alpha value is -0.530. The number of nitrogens with one attached hydrogen (secondary N) is 1. The quantitative estimate of drug-likeness (QED) is 0.458. The molecule has 0 aliphatic heterocycles. The van der Waals surface area contributed by atoms with E-state index in [9.17, 15) is 9.59 Å². The predicted molar refractivity (Wildman–Crippen MR) is 77.8 cm³/mol. The first-order valence-corrected chi connectivity index (χ1v) is 7.40. The third-order valence-electron chi connectivity index (χ3n) is 1.69. The maximum absolute atomic E-state index is 11.7. The number of alkyl halides is 1. The van der Waals surface area contributed by atoms with Crippen molar-refractivity contribution < 1.29 is 19.1 Å². The van der Waals surface area contributed by atoms with E-state index in [0.29, 0.717) is 11.0 Å². The number of hydrogen-bond acceptors (Lipinski definition) is 4. The fourth-order valence-corrected chi connectivity index (χ4v) is 1.54. The average molecular weight is 371 g/mol. The third-order valence-corrected chi connectivity index (χ3v) is 2.57. The van der Waals surface area contributed by atoms with Crippen molar-refractivity contribution >= 4 is 34.7 Å². The molecule has 0 aromatic rings. The van der Waals surface area contributed by atoms with Crippen LogP contribution in [0.15, 0.2) is 0 Å². The number of alkyl carbamates (subject to hydrolysis) is 1. The zero-order chi connectivity index (χ0) is 14.3. The summed E-state index contributed by atoms with van der Waals surface area (Å²) in [4.78, 5) is 23.2. The normalized spacial score (nSPS) is 13.1. The van der Waals surface area contributed by atoms with Gasteiger partial charge in [0.25, 0.3) is 0 Å². The van der Waals surface area contributed by atoms with Crippen molar-refractivity contribution in [2.45, 2.75) is 46.3 Å². The molecule has 106 valence electrons. The maximum Gasteiger partial charge on any atom is 0.408 e. The Morgan fingerprint density at radius 3 is 2.22 bits per heavy atom. The fourth-order valence-electron chi connectivity index (χ4n) is 0.960. The minimum Gasteiger partial charge on any atom is -0.464 e. The Morgan fingerprint density at radius 2 is 1.83 bits per heavy atom. The van der Waals surface area contributed by atoms with Gasteiger partial charge in [0.05, 0.1) is 6.61 Å². The lowest BCUT2D eigenvalue weighted by Crippen LogP contribution is -2.45. The molecule has 0 bridgehead atoms. The van der Waals surface area contributed by atoms with E-state index in [1.165, 1.54) is 0 Å². The van der Waals surface area contributed by atoms with Crippen molar-refractivity contribution in [1.82, 2.24) is 5.32 Å². The summed E-state index contributed by atoms with van der Waals surface area (Å²) in [5.41, 5.74) is -0.582. The van der Waals surface area contributed by atoms with E-state index >= 15 is 0 Å². The molecule has 0 unspecified atom stereocenters. The van der Waals surface area contributed by atoms with Crippen molar-refractivity contribution in [2.24, 2.45) is 5.92 Å². The summed E-state index contributed by atoms with van der Waals surface area (Å²) < 4.78 is 10.6. The topological polar surface area (TPSA) is 64.6 Å². The van der Waals surface area contributed by atoms with Crippen LogP contribution in [0.4, 0.5) is 4.79 Å². The summed E-state index contributed by atoms with van der Waals surface area (Å²) in [5, 5.41) is 2.50. The molecule has 0 aromatic carbocycles. The molecule has 18 heavy (non-hydrogen) atoms. The number of carbonyl (C=O) groups excluding carboxylic acids is 2. The molecule has 1 amide bonds. The van der Waals surface area contributed by atoms with E-state index in [4.69, 9.17) is 9.47 Å². The predicted octanol–water partition coefficient (Wildman–Crippen LogP) is 2.51. The monoisotopic (exact) mass is 371 g/mol. The van der Waals surface area contributed by atoms with Gasteiger partial charge in [-0.05, 0) is 26.7 Å². The van der Waals surface area contributed by atoms with Crippen LogP contribution in [0.1, 0.15) is 34.6 Å². The summed E-state index contributed by atoms with van der Waals surface area (Å²) in [6.07, 6.45) is -0.606. The molecule has 6 heteroatoms. The molecule has 1 N–H and O–H groups in total. The van der Waals surface area contributed by atoms with Crippen LogP contribution in [-0.2, 0) is 14.3 Å². The highest BCUT2D eigenvalue weighted by molar-refractivity contribution is 14.1. The van der Waals surface area contributed by atoms with E-state index < -0.39 is 23.7 Å². The van der Waals surface area contributed by atoms with Gasteiger partial charge in [-0.1, -0.05) is 36.4 Å². The second kappa shape index (κ2) is 7.81. The highest BCUT2D eigenvalue weighted by Gasteiger charge is 2.24. The van der Waals surface area contributed by atoms with Crippen LogP contribution in [0.3, 0.4) is 0 Å². The van der Waals surface area contributed by atoms with Gasteiger partial charge in [-0.2, -0.15) is 0 Å². The van der Waals surface area contributed by atoms with Gasteiger partial charge in [-0.3, -0.25) is 0 Å². The molecule has 0 spiro atoms. The first-order chi connectivity index (χ1) is 8.15. The van der Waals surface area contributed by atoms with E-state index in [-0.39, 0.29) is 5.92 Å². The third kappa shape index (κ3) is 8.54. The molecule has 0 saturated carbocycles. The highest BCUT2D eigenvalue weighted by atomic mass is 127. The van der Waals surface area contributed by atoms with Gasteiger partial charge in [-0.15, -0.1) is 0 Å². The first-order valence-electron chi connectivity index (χ1n) is 5.88. The van der Waals surface area contributed by atoms with Gasteiger partial charge in [0, 0.05) is 4.43 Å². The largest absolute Gasteiger partial charge is 0.464 e. The highest BCUT2D eigenvalue weighted by Crippen LogP contribution is 2.07. The molecule has 1 atom stereocenters. The number of carbonyl (C=O) groups is 2. The van der Waals surface area contributed by atoms with Crippen molar-refractivity contribution in [2.75, 3.05) is 11.0 Å². The molecule has 0 aliphatic rings. The Balaban J connectivity index is 4.25. The van der Waals surface area contributed by atoms with Gasteiger partial charge in [0.15, 0.2) is 0 Å². The molecule has 0 fully saturated rings. The van der Waals surface area contributed by atoms with Gasteiger partial charge in [-0.25, -0.2) is 9.59 Å². The van der Waals surface area contributed by atoms with Crippen LogP contribution in [0.25, 0.3) is 0 Å². The van der Waals surface area contributed by atoms with Gasteiger partial charge in [0.2, 0.25) is 0 Å². The maximum atomic E-state index is 11.7. The van der Waals surface area contributed by atoms with E-state index in [1.54, 1.807) is 20.8 Å². The molecular formula is C12H22INO4. The van der Waals surface area contributed by atoms with Crippen molar-refractivity contribution in [3.63, 3.8) is 0 Å². The molecule has 0 rings (SSSR count). The summed E-state index contributed by atoms with van der Waals surface area (Å²) in [6, 6.07) is -0.667. The number of esters is 1. The van der Waals surface area contributed by atoms with Crippen LogP contribution < -0.4 is 5.32 Å². The summed E-state index contributed by atoms with van der Waals surface area (Å²) in [7, 11) is 0. The van der Waals surface area contributed by atoms with Gasteiger partial charge in [0.1, 0.15) is 11.6 Å². The molecule has 0 aromatic heterocycles. The Morgan fingerprint density at radius 1 is 1.28 bits per heavy atom.